The van der Waals surface area contributed by atoms with Crippen molar-refractivity contribution in [3.8, 4) is 0 Å². The van der Waals surface area contributed by atoms with Crippen molar-refractivity contribution in [3.05, 3.63) is 17.1 Å². The Morgan fingerprint density at radius 1 is 1.05 bits per heavy atom. The van der Waals surface area contributed by atoms with Gasteiger partial charge in [0.25, 0.3) is 0 Å². The largest absolute Gasteiger partial charge is 0.353 e. The van der Waals surface area contributed by atoms with Crippen LogP contribution in [0.5, 0.6) is 0 Å². The molecule has 3 rings (SSSR count). The molecule has 1 saturated heterocycles. The number of likely N-dealkylation sites (N-methyl/N-ethyl adjacent to an activating group) is 1. The minimum atomic E-state index is -0.334. The molecule has 7 nitrogen and oxygen atoms in total. The molecule has 1 fully saturated rings. The van der Waals surface area contributed by atoms with Crippen molar-refractivity contribution < 1.29 is 4.79 Å². The molecule has 2 aliphatic rings. The van der Waals surface area contributed by atoms with Crippen LogP contribution < -0.4 is 10.6 Å². The second-order valence-corrected chi connectivity index (χ2v) is 6.14. The number of rotatable bonds is 1. The molecule has 0 atom stereocenters. The van der Waals surface area contributed by atoms with Crippen molar-refractivity contribution in [2.75, 3.05) is 51.2 Å². The molecule has 2 aliphatic heterocycles. The zero-order valence-electron chi connectivity index (χ0n) is 13.4. The van der Waals surface area contributed by atoms with Gasteiger partial charge in [-0.05, 0) is 20.4 Å². The van der Waals surface area contributed by atoms with Gasteiger partial charge >= 0.3 is 6.03 Å². The number of carbonyl (C=O) groups is 1. The predicted octanol–water partition coefficient (Wildman–Crippen LogP) is 0.0161. The fraction of sp³-hybridized carbons (Fsp3) is 0.667. The molecule has 7 heteroatoms. The lowest BCUT2D eigenvalue weighted by molar-refractivity contribution is 0.204. The van der Waals surface area contributed by atoms with Crippen LogP contribution in [-0.4, -0.2) is 72.1 Å². The van der Waals surface area contributed by atoms with Crippen LogP contribution in [0.3, 0.4) is 0 Å². The Kier molecular flexibility index (Phi) is 4.15. The van der Waals surface area contributed by atoms with Gasteiger partial charge in [0, 0.05) is 51.3 Å². The van der Waals surface area contributed by atoms with E-state index < -0.39 is 0 Å². The van der Waals surface area contributed by atoms with Gasteiger partial charge in [-0.2, -0.15) is 0 Å². The zero-order chi connectivity index (χ0) is 15.7. The summed E-state index contributed by atoms with van der Waals surface area (Å²) in [5, 5.41) is 0. The molecule has 22 heavy (non-hydrogen) atoms. The monoisotopic (exact) mass is 304 g/mol. The lowest BCUT2D eigenvalue weighted by Crippen LogP contribution is -2.51. The number of primary amides is 1. The van der Waals surface area contributed by atoms with E-state index in [1.807, 2.05) is 6.92 Å². The van der Waals surface area contributed by atoms with E-state index in [1.54, 1.807) is 4.90 Å². The second-order valence-electron chi connectivity index (χ2n) is 6.14. The van der Waals surface area contributed by atoms with Crippen molar-refractivity contribution in [2.45, 2.75) is 19.8 Å². The van der Waals surface area contributed by atoms with Gasteiger partial charge in [0.05, 0.1) is 5.69 Å². The van der Waals surface area contributed by atoms with E-state index in [2.05, 4.69) is 21.8 Å². The molecular formula is C15H24N6O. The number of carbonyl (C=O) groups excluding carboxylic acids is 1. The molecule has 2 N–H and O–H groups in total. The Balaban J connectivity index is 1.85. The van der Waals surface area contributed by atoms with E-state index in [0.717, 1.165) is 50.7 Å². The molecular weight excluding hydrogens is 280 g/mol. The summed E-state index contributed by atoms with van der Waals surface area (Å²) in [6, 6.07) is -0.334. The van der Waals surface area contributed by atoms with Gasteiger partial charge in [-0.1, -0.05) is 0 Å². The summed E-state index contributed by atoms with van der Waals surface area (Å²) in [7, 11) is 2.15. The van der Waals surface area contributed by atoms with Crippen LogP contribution >= 0.6 is 0 Å². The van der Waals surface area contributed by atoms with Crippen molar-refractivity contribution in [1.29, 1.82) is 0 Å². The number of nitrogens with two attached hydrogens (primary N) is 1. The second kappa shape index (κ2) is 6.08. The van der Waals surface area contributed by atoms with Crippen molar-refractivity contribution in [3.63, 3.8) is 0 Å². The highest BCUT2D eigenvalue weighted by Gasteiger charge is 2.25. The molecule has 0 radical (unpaired) electrons. The number of aromatic nitrogens is 2. The summed E-state index contributed by atoms with van der Waals surface area (Å²) in [5.74, 6) is 1.89. The lowest BCUT2D eigenvalue weighted by Gasteiger charge is -2.35. The molecule has 0 aliphatic carbocycles. The molecule has 0 unspecified atom stereocenters. The minimum absolute atomic E-state index is 0.334. The summed E-state index contributed by atoms with van der Waals surface area (Å²) in [4.78, 5) is 26.9. The smallest absolute Gasteiger partial charge is 0.314 e. The quantitative estimate of drug-likeness (QED) is 0.791. The van der Waals surface area contributed by atoms with E-state index in [1.165, 1.54) is 11.3 Å². The Labute approximate surface area is 131 Å². The number of nitrogens with zero attached hydrogens (tertiary/aromatic N) is 5. The first-order valence-electron chi connectivity index (χ1n) is 7.89. The maximum absolute atomic E-state index is 11.3. The van der Waals surface area contributed by atoms with Crippen LogP contribution in [-0.2, 0) is 12.8 Å². The molecule has 3 heterocycles. The standard InChI is InChI=1S/C15H24N6O/c1-11-17-13-4-6-19(2)5-3-12(13)14(18-11)20-7-9-21(10-8-20)15(16)22/h3-10H2,1-2H3,(H2,16,22). The van der Waals surface area contributed by atoms with E-state index in [0.29, 0.717) is 13.1 Å². The zero-order valence-corrected chi connectivity index (χ0v) is 13.4. The van der Waals surface area contributed by atoms with Crippen LogP contribution in [0.1, 0.15) is 17.1 Å². The Bertz CT molecular complexity index is 567. The molecule has 0 saturated carbocycles. The highest BCUT2D eigenvalue weighted by atomic mass is 16.2. The summed E-state index contributed by atoms with van der Waals surface area (Å²) >= 11 is 0. The molecule has 1 aromatic heterocycles. The fourth-order valence-electron chi connectivity index (χ4n) is 3.21. The van der Waals surface area contributed by atoms with E-state index in [-0.39, 0.29) is 6.03 Å². The van der Waals surface area contributed by atoms with Crippen LogP contribution in [0.2, 0.25) is 0 Å². The first-order chi connectivity index (χ1) is 10.5. The maximum Gasteiger partial charge on any atom is 0.314 e. The lowest BCUT2D eigenvalue weighted by atomic mass is 10.1. The van der Waals surface area contributed by atoms with Gasteiger partial charge < -0.3 is 20.4 Å². The average molecular weight is 304 g/mol. The molecule has 0 aromatic carbocycles. The minimum Gasteiger partial charge on any atom is -0.353 e. The van der Waals surface area contributed by atoms with Gasteiger partial charge in [0.15, 0.2) is 0 Å². The number of hydrogen-bond acceptors (Lipinski definition) is 5. The number of anilines is 1. The molecule has 0 spiro atoms. The molecule has 120 valence electrons. The van der Waals surface area contributed by atoms with Gasteiger partial charge in [-0.3, -0.25) is 0 Å². The number of piperazine rings is 1. The number of amides is 2. The predicted molar refractivity (Wildman–Crippen MR) is 85.0 cm³/mol. The normalized spacial score (nSPS) is 19.7. The van der Waals surface area contributed by atoms with Crippen molar-refractivity contribution >= 4 is 11.8 Å². The third-order valence-electron chi connectivity index (χ3n) is 4.55. The van der Waals surface area contributed by atoms with Crippen LogP contribution in [0.25, 0.3) is 0 Å². The number of hydrogen-bond donors (Lipinski definition) is 1. The Morgan fingerprint density at radius 3 is 2.41 bits per heavy atom. The highest BCUT2D eigenvalue weighted by molar-refractivity contribution is 5.72. The fourth-order valence-corrected chi connectivity index (χ4v) is 3.21. The van der Waals surface area contributed by atoms with Gasteiger partial charge in [-0.25, -0.2) is 14.8 Å². The Morgan fingerprint density at radius 2 is 1.73 bits per heavy atom. The number of aryl methyl sites for hydroxylation is 1. The van der Waals surface area contributed by atoms with Crippen LogP contribution in [0, 0.1) is 6.92 Å². The van der Waals surface area contributed by atoms with Gasteiger partial charge in [0.1, 0.15) is 11.6 Å². The summed E-state index contributed by atoms with van der Waals surface area (Å²) in [6.45, 7) is 6.91. The molecule has 2 amide bonds. The first-order valence-corrected chi connectivity index (χ1v) is 7.89. The first kappa shape index (κ1) is 15.0. The van der Waals surface area contributed by atoms with Gasteiger partial charge in [-0.15, -0.1) is 0 Å². The number of urea groups is 1. The maximum atomic E-state index is 11.3. The summed E-state index contributed by atoms with van der Waals surface area (Å²) in [5.41, 5.74) is 7.82. The third kappa shape index (κ3) is 2.99. The highest BCUT2D eigenvalue weighted by Crippen LogP contribution is 2.25. The topological polar surface area (TPSA) is 78.6 Å². The molecule has 0 bridgehead atoms. The summed E-state index contributed by atoms with van der Waals surface area (Å²) < 4.78 is 0. The molecule has 1 aromatic rings. The summed E-state index contributed by atoms with van der Waals surface area (Å²) in [6.07, 6.45) is 1.96. The van der Waals surface area contributed by atoms with E-state index in [9.17, 15) is 4.79 Å². The van der Waals surface area contributed by atoms with E-state index in [4.69, 9.17) is 10.7 Å². The van der Waals surface area contributed by atoms with Crippen molar-refractivity contribution in [2.24, 2.45) is 5.73 Å². The average Bonchev–Trinajstić information content (AvgIpc) is 2.69. The SMILES string of the molecule is Cc1nc2c(c(N3CCN(C(N)=O)CC3)n1)CCN(C)CC2. The van der Waals surface area contributed by atoms with Crippen molar-refractivity contribution in [1.82, 2.24) is 19.8 Å². The Hall–Kier alpha value is -1.89. The van der Waals surface area contributed by atoms with E-state index >= 15 is 0 Å². The number of fused-ring (bicyclic) bond motifs is 1. The van der Waals surface area contributed by atoms with Gasteiger partial charge in [0.2, 0.25) is 0 Å². The van der Waals surface area contributed by atoms with Crippen LogP contribution in [0.15, 0.2) is 0 Å². The third-order valence-corrected chi connectivity index (χ3v) is 4.55. The van der Waals surface area contributed by atoms with Crippen LogP contribution in [0.4, 0.5) is 10.6 Å².